The van der Waals surface area contributed by atoms with Crippen LogP contribution in [0.15, 0.2) is 36.4 Å². The van der Waals surface area contributed by atoms with Crippen LogP contribution < -0.4 is 10.1 Å². The van der Waals surface area contributed by atoms with Crippen LogP contribution in [0.5, 0.6) is 5.75 Å². The van der Waals surface area contributed by atoms with Crippen molar-refractivity contribution in [3.63, 3.8) is 0 Å². The van der Waals surface area contributed by atoms with Gasteiger partial charge in [-0.3, -0.25) is 0 Å². The summed E-state index contributed by atoms with van der Waals surface area (Å²) >= 11 is 0. The fraction of sp³-hybridized carbons (Fsp3) is 0.556. The molecule has 3 heteroatoms. The molecular formula is C18H27NO2. The molecule has 1 aliphatic rings. The van der Waals surface area contributed by atoms with Gasteiger partial charge < -0.3 is 14.8 Å². The van der Waals surface area contributed by atoms with Gasteiger partial charge >= 0.3 is 0 Å². The fourth-order valence-electron chi connectivity index (χ4n) is 2.60. The summed E-state index contributed by atoms with van der Waals surface area (Å²) in [4.78, 5) is 0. The first-order valence-corrected chi connectivity index (χ1v) is 7.88. The van der Waals surface area contributed by atoms with Crippen LogP contribution in [-0.2, 0) is 11.3 Å². The smallest absolute Gasteiger partial charge is 0.119 e. The van der Waals surface area contributed by atoms with Gasteiger partial charge in [-0.1, -0.05) is 31.2 Å². The second kappa shape index (κ2) is 8.85. The van der Waals surface area contributed by atoms with Gasteiger partial charge in [0.25, 0.3) is 0 Å². The van der Waals surface area contributed by atoms with E-state index in [9.17, 15) is 0 Å². The summed E-state index contributed by atoms with van der Waals surface area (Å²) in [6.07, 6.45) is 6.89. The Morgan fingerprint density at radius 1 is 1.10 bits per heavy atom. The van der Waals surface area contributed by atoms with Gasteiger partial charge in [-0.05, 0) is 49.4 Å². The number of hydrogen-bond acceptors (Lipinski definition) is 3. The average Bonchev–Trinajstić information content (AvgIpc) is 2.51. The molecule has 2 atom stereocenters. The predicted octanol–water partition coefficient (Wildman–Crippen LogP) is 3.40. The zero-order valence-corrected chi connectivity index (χ0v) is 13.2. The minimum absolute atomic E-state index is 0.613. The largest absolute Gasteiger partial charge is 0.491 e. The zero-order chi connectivity index (χ0) is 14.9. The third-order valence-electron chi connectivity index (χ3n) is 4.05. The molecule has 1 aromatic rings. The molecule has 21 heavy (non-hydrogen) atoms. The van der Waals surface area contributed by atoms with Gasteiger partial charge in [0.1, 0.15) is 12.4 Å². The van der Waals surface area contributed by atoms with E-state index in [-0.39, 0.29) is 0 Å². The first-order valence-electron chi connectivity index (χ1n) is 7.88. The van der Waals surface area contributed by atoms with Crippen molar-refractivity contribution in [3.8, 4) is 5.75 Å². The summed E-state index contributed by atoms with van der Waals surface area (Å²) in [6, 6.07) is 8.20. The second-order valence-corrected chi connectivity index (χ2v) is 5.78. The van der Waals surface area contributed by atoms with E-state index in [1.54, 1.807) is 0 Å². The minimum Gasteiger partial charge on any atom is -0.491 e. The summed E-state index contributed by atoms with van der Waals surface area (Å²) in [5.41, 5.74) is 1.26. The van der Waals surface area contributed by atoms with Gasteiger partial charge in [0.2, 0.25) is 0 Å². The van der Waals surface area contributed by atoms with Gasteiger partial charge in [0.05, 0.1) is 13.2 Å². The summed E-state index contributed by atoms with van der Waals surface area (Å²) in [6.45, 7) is 5.31. The maximum absolute atomic E-state index is 5.76. The topological polar surface area (TPSA) is 30.5 Å². The molecule has 0 heterocycles. The van der Waals surface area contributed by atoms with Crippen LogP contribution in [0.1, 0.15) is 25.3 Å². The summed E-state index contributed by atoms with van der Waals surface area (Å²) in [7, 11) is 1.95. The first kappa shape index (κ1) is 16.1. The predicted molar refractivity (Wildman–Crippen MR) is 86.5 cm³/mol. The van der Waals surface area contributed by atoms with Crippen molar-refractivity contribution in [1.82, 2.24) is 5.32 Å². The lowest BCUT2D eigenvalue weighted by Crippen LogP contribution is -2.21. The first-order chi connectivity index (χ1) is 10.3. The molecular weight excluding hydrogens is 262 g/mol. The Balaban J connectivity index is 1.60. The van der Waals surface area contributed by atoms with Gasteiger partial charge in [0, 0.05) is 6.54 Å². The fourth-order valence-corrected chi connectivity index (χ4v) is 2.60. The van der Waals surface area contributed by atoms with E-state index >= 15 is 0 Å². The molecule has 116 valence electrons. The molecule has 1 aromatic carbocycles. The quantitative estimate of drug-likeness (QED) is 0.588. The standard InChI is InChI=1S/C18H27NO2/c1-15-5-3-4-6-17(15)14-20-11-12-21-18-9-7-16(8-10-18)13-19-2/h3-4,7-10,15,17,19H,5-6,11-14H2,1-2H3. The number of rotatable bonds is 8. The molecule has 2 rings (SSSR count). The number of nitrogens with one attached hydrogen (secondary N) is 1. The van der Waals surface area contributed by atoms with Crippen molar-refractivity contribution in [2.75, 3.05) is 26.9 Å². The normalized spacial score (nSPS) is 21.4. The Bertz CT molecular complexity index is 427. The highest BCUT2D eigenvalue weighted by atomic mass is 16.5. The molecule has 0 amide bonds. The van der Waals surface area contributed by atoms with Gasteiger partial charge in [0.15, 0.2) is 0 Å². The third-order valence-corrected chi connectivity index (χ3v) is 4.05. The van der Waals surface area contributed by atoms with Crippen molar-refractivity contribution < 1.29 is 9.47 Å². The maximum Gasteiger partial charge on any atom is 0.119 e. The van der Waals surface area contributed by atoms with E-state index < -0.39 is 0 Å². The lowest BCUT2D eigenvalue weighted by atomic mass is 9.85. The monoisotopic (exact) mass is 289 g/mol. The van der Waals surface area contributed by atoms with Crippen molar-refractivity contribution in [3.05, 3.63) is 42.0 Å². The van der Waals surface area contributed by atoms with Crippen molar-refractivity contribution >= 4 is 0 Å². The molecule has 1 aliphatic carbocycles. The maximum atomic E-state index is 5.76. The summed E-state index contributed by atoms with van der Waals surface area (Å²) in [5.74, 6) is 2.30. The molecule has 0 aromatic heterocycles. The molecule has 3 nitrogen and oxygen atoms in total. The van der Waals surface area contributed by atoms with Crippen molar-refractivity contribution in [2.24, 2.45) is 11.8 Å². The highest BCUT2D eigenvalue weighted by Gasteiger charge is 2.17. The lowest BCUT2D eigenvalue weighted by Gasteiger charge is -2.24. The molecule has 0 saturated heterocycles. The van der Waals surface area contributed by atoms with E-state index in [0.29, 0.717) is 19.1 Å². The van der Waals surface area contributed by atoms with Crippen LogP contribution in [-0.4, -0.2) is 26.9 Å². The van der Waals surface area contributed by atoms with Gasteiger partial charge in [-0.2, -0.15) is 0 Å². The van der Waals surface area contributed by atoms with Crippen LogP contribution in [0.3, 0.4) is 0 Å². The van der Waals surface area contributed by atoms with Gasteiger partial charge in [-0.25, -0.2) is 0 Å². The van der Waals surface area contributed by atoms with E-state index in [1.165, 1.54) is 12.0 Å². The number of allylic oxidation sites excluding steroid dienone is 2. The number of benzene rings is 1. The van der Waals surface area contributed by atoms with E-state index in [2.05, 4.69) is 36.5 Å². The van der Waals surface area contributed by atoms with Crippen LogP contribution in [0.2, 0.25) is 0 Å². The molecule has 2 unspecified atom stereocenters. The molecule has 0 saturated carbocycles. The van der Waals surface area contributed by atoms with Crippen LogP contribution in [0.4, 0.5) is 0 Å². The van der Waals surface area contributed by atoms with Crippen molar-refractivity contribution in [2.45, 2.75) is 26.3 Å². The number of ether oxygens (including phenoxy) is 2. The van der Waals surface area contributed by atoms with E-state index in [4.69, 9.17) is 9.47 Å². The third kappa shape index (κ3) is 5.52. The molecule has 0 fully saturated rings. The Morgan fingerprint density at radius 3 is 2.57 bits per heavy atom. The highest BCUT2D eigenvalue weighted by Crippen LogP contribution is 2.24. The van der Waals surface area contributed by atoms with Gasteiger partial charge in [-0.15, -0.1) is 0 Å². The SMILES string of the molecule is CNCc1ccc(OCCOCC2CC=CCC2C)cc1. The zero-order valence-electron chi connectivity index (χ0n) is 13.2. The van der Waals surface area contributed by atoms with Crippen LogP contribution >= 0.6 is 0 Å². The number of hydrogen-bond donors (Lipinski definition) is 1. The Labute approximate surface area is 128 Å². The Morgan fingerprint density at radius 2 is 1.86 bits per heavy atom. The van der Waals surface area contributed by atoms with Crippen LogP contribution in [0, 0.1) is 11.8 Å². The molecule has 0 bridgehead atoms. The van der Waals surface area contributed by atoms with Crippen molar-refractivity contribution in [1.29, 1.82) is 0 Å². The molecule has 0 spiro atoms. The Kier molecular flexibility index (Phi) is 6.77. The molecule has 1 N–H and O–H groups in total. The molecule has 0 radical (unpaired) electrons. The van der Waals surface area contributed by atoms with E-state index in [0.717, 1.165) is 31.2 Å². The minimum atomic E-state index is 0.613. The molecule has 0 aliphatic heterocycles. The average molecular weight is 289 g/mol. The Hall–Kier alpha value is -1.32. The highest BCUT2D eigenvalue weighted by molar-refractivity contribution is 5.27. The second-order valence-electron chi connectivity index (χ2n) is 5.78. The van der Waals surface area contributed by atoms with Crippen LogP contribution in [0.25, 0.3) is 0 Å². The lowest BCUT2D eigenvalue weighted by molar-refractivity contribution is 0.0586. The van der Waals surface area contributed by atoms with E-state index in [1.807, 2.05) is 19.2 Å². The summed E-state index contributed by atoms with van der Waals surface area (Å²) in [5, 5.41) is 3.13. The summed E-state index contributed by atoms with van der Waals surface area (Å²) < 4.78 is 11.5.